The molecule has 296 valence electrons. The molecular weight excluding hydrogens is 736 g/mol. The number of carbonyl (C=O) groups is 1. The van der Waals surface area contributed by atoms with Gasteiger partial charge >= 0.3 is 5.97 Å². The summed E-state index contributed by atoms with van der Waals surface area (Å²) in [5.41, 5.74) is 0.465. The zero-order valence-electron chi connectivity index (χ0n) is 28.3. The van der Waals surface area contributed by atoms with Crippen LogP contribution in [-0.2, 0) is 28.5 Å². The van der Waals surface area contributed by atoms with Crippen molar-refractivity contribution in [3.63, 3.8) is 0 Å². The third-order valence-electron chi connectivity index (χ3n) is 9.03. The van der Waals surface area contributed by atoms with E-state index < -0.39 is 110 Å². The summed E-state index contributed by atoms with van der Waals surface area (Å²) in [6.07, 6.45) is -15.9. The zero-order chi connectivity index (χ0) is 39.7. The lowest BCUT2D eigenvalue weighted by Crippen LogP contribution is -2.64. The minimum absolute atomic E-state index is 0.00550. The van der Waals surface area contributed by atoms with Crippen LogP contribution < -0.4 is 4.74 Å². The summed E-state index contributed by atoms with van der Waals surface area (Å²) in [5, 5.41) is 124. The number of aliphatic hydroxyl groups is 6. The van der Waals surface area contributed by atoms with E-state index in [1.165, 1.54) is 42.5 Å². The molecule has 0 bridgehead atoms. The Morgan fingerprint density at radius 2 is 1.38 bits per heavy atom. The normalized spacial score (nSPS) is 30.6. The van der Waals surface area contributed by atoms with Gasteiger partial charge in [-0.1, -0.05) is 12.1 Å². The van der Waals surface area contributed by atoms with Gasteiger partial charge in [-0.3, -0.25) is 0 Å². The number of ether oxygens (including phenoxy) is 6. The number of benzene rings is 3. The summed E-state index contributed by atoms with van der Waals surface area (Å²) in [6.45, 7) is -1.53. The SMILES string of the molecule is O=C(/C=C/c1ccc(O)c(O)c1)OC[C@@H]1O[C@@H](OC2=Cc3c(O)cc(O)cc3OC2c2ccc(O)c(O)c2)[C@@H](O[C@@H]2O[C@H](CO)[C@@H](O)[C@H](O)[C@H]2O)[C@@H](O)[C@@H]1O. The second kappa shape index (κ2) is 16.2. The largest absolute Gasteiger partial charge is 0.508 e. The van der Waals surface area contributed by atoms with Crippen molar-refractivity contribution in [2.24, 2.45) is 0 Å². The molecule has 0 saturated carbocycles. The van der Waals surface area contributed by atoms with Crippen LogP contribution in [0, 0.1) is 0 Å². The number of rotatable bonds is 10. The number of aliphatic hydroxyl groups excluding tert-OH is 6. The first kappa shape index (κ1) is 39.3. The molecule has 2 saturated heterocycles. The quantitative estimate of drug-likeness (QED) is 0.0688. The molecule has 0 radical (unpaired) electrons. The Morgan fingerprint density at radius 3 is 2.07 bits per heavy atom. The van der Waals surface area contributed by atoms with E-state index in [1.807, 2.05) is 0 Å². The minimum Gasteiger partial charge on any atom is -0.508 e. The van der Waals surface area contributed by atoms with Gasteiger partial charge in [0.15, 0.2) is 41.5 Å². The molecule has 12 N–H and O–H groups in total. The van der Waals surface area contributed by atoms with Crippen LogP contribution in [0.4, 0.5) is 0 Å². The van der Waals surface area contributed by atoms with Crippen LogP contribution >= 0.6 is 0 Å². The van der Waals surface area contributed by atoms with Gasteiger partial charge < -0.3 is 89.7 Å². The van der Waals surface area contributed by atoms with Crippen LogP contribution in [-0.4, -0.2) is 142 Å². The number of hydrogen-bond donors (Lipinski definition) is 12. The van der Waals surface area contributed by atoms with Crippen molar-refractivity contribution in [1.82, 2.24) is 0 Å². The monoisotopic (exact) mass is 774 g/mol. The molecule has 0 amide bonds. The molecule has 3 aliphatic heterocycles. The van der Waals surface area contributed by atoms with Crippen LogP contribution in [0.15, 0.2) is 60.4 Å². The van der Waals surface area contributed by atoms with Crippen molar-refractivity contribution in [2.75, 3.05) is 13.2 Å². The number of phenolic OH excluding ortho intramolecular Hbond substituents is 6. The van der Waals surface area contributed by atoms with Crippen molar-refractivity contribution < 1.29 is 94.5 Å². The fourth-order valence-electron chi connectivity index (χ4n) is 6.05. The topological polar surface area (TPSA) is 315 Å². The summed E-state index contributed by atoms with van der Waals surface area (Å²) in [7, 11) is 0. The Labute approximate surface area is 310 Å². The Kier molecular flexibility index (Phi) is 11.6. The smallest absolute Gasteiger partial charge is 0.330 e. The molecule has 2 fully saturated rings. The first-order valence-corrected chi connectivity index (χ1v) is 16.6. The van der Waals surface area contributed by atoms with E-state index in [0.29, 0.717) is 5.56 Å². The van der Waals surface area contributed by atoms with Crippen LogP contribution in [0.5, 0.6) is 40.2 Å². The molecule has 0 aromatic heterocycles. The maximum atomic E-state index is 12.6. The molecule has 19 heteroatoms. The first-order chi connectivity index (χ1) is 26.1. The fourth-order valence-corrected chi connectivity index (χ4v) is 6.05. The highest BCUT2D eigenvalue weighted by atomic mass is 16.8. The lowest BCUT2D eigenvalue weighted by Gasteiger charge is -2.46. The van der Waals surface area contributed by atoms with Crippen molar-refractivity contribution in [2.45, 2.75) is 67.5 Å². The number of fused-ring (bicyclic) bond motifs is 1. The van der Waals surface area contributed by atoms with Gasteiger partial charge in [0.05, 0.1) is 12.2 Å². The maximum Gasteiger partial charge on any atom is 0.330 e. The highest BCUT2D eigenvalue weighted by Gasteiger charge is 2.52. The van der Waals surface area contributed by atoms with Crippen molar-refractivity contribution >= 4 is 18.1 Å². The lowest BCUT2D eigenvalue weighted by molar-refractivity contribution is -0.364. The Morgan fingerprint density at radius 1 is 0.709 bits per heavy atom. The number of aromatic hydroxyl groups is 6. The van der Waals surface area contributed by atoms with Gasteiger partial charge in [-0.25, -0.2) is 4.79 Å². The number of phenols is 6. The van der Waals surface area contributed by atoms with E-state index >= 15 is 0 Å². The predicted octanol–water partition coefficient (Wildman–Crippen LogP) is -0.700. The summed E-state index contributed by atoms with van der Waals surface area (Å²) in [6, 6.07) is 9.59. The Hall–Kier alpha value is -5.35. The molecule has 0 aliphatic carbocycles. The molecule has 55 heavy (non-hydrogen) atoms. The molecule has 3 aromatic rings. The molecule has 3 aliphatic rings. The van der Waals surface area contributed by atoms with Gasteiger partial charge in [0.2, 0.25) is 6.29 Å². The fraction of sp³-hybridized carbons (Fsp3) is 0.361. The van der Waals surface area contributed by atoms with Gasteiger partial charge in [0.25, 0.3) is 0 Å². The molecule has 3 aromatic carbocycles. The molecule has 3 heterocycles. The first-order valence-electron chi connectivity index (χ1n) is 16.6. The summed E-state index contributed by atoms with van der Waals surface area (Å²) in [5.74, 6) is -3.89. The van der Waals surface area contributed by atoms with E-state index in [1.54, 1.807) is 0 Å². The highest BCUT2D eigenvalue weighted by molar-refractivity contribution is 5.87. The Balaban J connectivity index is 1.31. The summed E-state index contributed by atoms with van der Waals surface area (Å²) in [4.78, 5) is 12.6. The predicted molar refractivity (Wildman–Crippen MR) is 181 cm³/mol. The van der Waals surface area contributed by atoms with Crippen molar-refractivity contribution in [1.29, 1.82) is 0 Å². The lowest BCUT2D eigenvalue weighted by atomic mass is 9.97. The van der Waals surface area contributed by atoms with E-state index in [9.17, 15) is 66.1 Å². The Bertz CT molecular complexity index is 1930. The van der Waals surface area contributed by atoms with E-state index in [-0.39, 0.29) is 34.1 Å². The summed E-state index contributed by atoms with van der Waals surface area (Å²) < 4.78 is 34.7. The van der Waals surface area contributed by atoms with Crippen LogP contribution in [0.25, 0.3) is 12.2 Å². The summed E-state index contributed by atoms with van der Waals surface area (Å²) >= 11 is 0. The van der Waals surface area contributed by atoms with E-state index in [4.69, 9.17) is 28.4 Å². The second-order valence-electron chi connectivity index (χ2n) is 12.8. The van der Waals surface area contributed by atoms with Crippen molar-refractivity contribution in [3.05, 3.63) is 77.1 Å². The molecule has 1 unspecified atom stereocenters. The van der Waals surface area contributed by atoms with Crippen LogP contribution in [0.1, 0.15) is 22.8 Å². The van der Waals surface area contributed by atoms with Crippen LogP contribution in [0.2, 0.25) is 0 Å². The molecule has 19 nitrogen and oxygen atoms in total. The van der Waals surface area contributed by atoms with Gasteiger partial charge in [-0.15, -0.1) is 0 Å². The molecule has 0 spiro atoms. The van der Waals surface area contributed by atoms with E-state index in [0.717, 1.165) is 24.3 Å². The number of carbonyl (C=O) groups excluding carboxylic acids is 1. The third-order valence-corrected chi connectivity index (χ3v) is 9.03. The van der Waals surface area contributed by atoms with Gasteiger partial charge in [0.1, 0.15) is 72.3 Å². The minimum atomic E-state index is -2.00. The molecule has 11 atom stereocenters. The number of hydrogen-bond acceptors (Lipinski definition) is 19. The average molecular weight is 775 g/mol. The van der Waals surface area contributed by atoms with Crippen LogP contribution in [0.3, 0.4) is 0 Å². The maximum absolute atomic E-state index is 12.6. The zero-order valence-corrected chi connectivity index (χ0v) is 28.3. The average Bonchev–Trinajstić information content (AvgIpc) is 3.15. The van der Waals surface area contributed by atoms with Gasteiger partial charge in [-0.2, -0.15) is 0 Å². The molecule has 6 rings (SSSR count). The number of esters is 1. The van der Waals surface area contributed by atoms with Gasteiger partial charge in [0, 0.05) is 23.8 Å². The third kappa shape index (κ3) is 8.34. The standard InChI is InChI=1S/C36H38O19/c37-12-25-28(45)30(47)32(49)35(53-25)55-34-31(48)29(46)26(13-50-27(44)6-2-14-1-4-18(39)21(42)7-14)54-36(34)52-24-11-17-20(41)9-16(38)10-23(17)51-33(24)15-3-5-19(40)22(43)8-15/h1-11,25-26,28-43,45-49H,12-13H2/b6-2+/t25-,26+,28-,29-,30+,31+,32-,33?,34+,35+,36-/m1/s1. The van der Waals surface area contributed by atoms with Gasteiger partial charge in [-0.05, 0) is 42.0 Å². The van der Waals surface area contributed by atoms with Crippen molar-refractivity contribution in [3.8, 4) is 40.2 Å². The van der Waals surface area contributed by atoms with E-state index in [2.05, 4.69) is 0 Å². The second-order valence-corrected chi connectivity index (χ2v) is 12.8. The molecular formula is C36H38O19. The highest BCUT2D eigenvalue weighted by Crippen LogP contribution is 2.46.